The number of nitrogens with two attached hydrogens (primary N) is 1. The fourth-order valence-corrected chi connectivity index (χ4v) is 3.54. The van der Waals surface area contributed by atoms with E-state index in [4.69, 9.17) is 19.6 Å². The molecule has 0 unspecified atom stereocenters. The quantitative estimate of drug-likeness (QED) is 0.523. The molecule has 0 spiro atoms. The van der Waals surface area contributed by atoms with E-state index >= 15 is 0 Å². The zero-order valence-electron chi connectivity index (χ0n) is 18.1. The van der Waals surface area contributed by atoms with Crippen LogP contribution in [-0.4, -0.2) is 36.0 Å². The van der Waals surface area contributed by atoms with Crippen molar-refractivity contribution in [3.05, 3.63) is 76.8 Å². The first-order chi connectivity index (χ1) is 15.1. The van der Waals surface area contributed by atoms with Gasteiger partial charge in [0, 0.05) is 20.1 Å². The Morgan fingerprint density at radius 2 is 1.91 bits per heavy atom. The minimum atomic E-state index is -0.596. The number of aromatic nitrogens is 1. The van der Waals surface area contributed by atoms with Crippen LogP contribution < -0.4 is 10.5 Å². The lowest BCUT2D eigenvalue weighted by Gasteiger charge is -2.25. The Labute approximate surface area is 203 Å². The summed E-state index contributed by atoms with van der Waals surface area (Å²) in [5, 5.41) is 0. The summed E-state index contributed by atoms with van der Waals surface area (Å²) in [6.07, 6.45) is 1.30. The van der Waals surface area contributed by atoms with E-state index in [1.54, 1.807) is 12.0 Å². The lowest BCUT2D eigenvalue weighted by molar-refractivity contribution is 0.0722. The van der Waals surface area contributed by atoms with Crippen LogP contribution in [0.1, 0.15) is 33.3 Å². The summed E-state index contributed by atoms with van der Waals surface area (Å²) in [5.74, 6) is 1.19. The minimum absolute atomic E-state index is 0. The standard InChI is InChI=1S/C23H24FN3O4.2ClH/c1-29-14-22-26-20-13-27(11-9-21(20)31-22)23(28)18-12-17(6-7-19(18)24)30-16-4-2-15(3-5-16)8-10-25;;/h2-7,12H,8-11,13-14,25H2,1H3;2*1H. The van der Waals surface area contributed by atoms with Gasteiger partial charge < -0.3 is 24.5 Å². The molecular weight excluding hydrogens is 472 g/mol. The summed E-state index contributed by atoms with van der Waals surface area (Å²) < 4.78 is 31.0. The molecule has 2 heterocycles. The molecule has 1 amide bonds. The van der Waals surface area contributed by atoms with Gasteiger partial charge in [0.2, 0.25) is 5.89 Å². The molecule has 0 saturated carbocycles. The van der Waals surface area contributed by atoms with Crippen molar-refractivity contribution in [3.63, 3.8) is 0 Å². The smallest absolute Gasteiger partial charge is 0.257 e. The van der Waals surface area contributed by atoms with E-state index in [1.807, 2.05) is 24.3 Å². The number of rotatable bonds is 7. The van der Waals surface area contributed by atoms with Crippen molar-refractivity contribution in [2.24, 2.45) is 5.73 Å². The minimum Gasteiger partial charge on any atom is -0.457 e. The van der Waals surface area contributed by atoms with Gasteiger partial charge in [0.15, 0.2) is 0 Å². The summed E-state index contributed by atoms with van der Waals surface area (Å²) >= 11 is 0. The number of carbonyl (C=O) groups excluding carboxylic acids is 1. The molecule has 178 valence electrons. The molecule has 4 rings (SSSR count). The van der Waals surface area contributed by atoms with Crippen LogP contribution in [0.2, 0.25) is 0 Å². The number of amides is 1. The van der Waals surface area contributed by atoms with Crippen molar-refractivity contribution in [1.29, 1.82) is 0 Å². The van der Waals surface area contributed by atoms with Crippen molar-refractivity contribution in [2.75, 3.05) is 20.2 Å². The van der Waals surface area contributed by atoms with Gasteiger partial charge in [-0.2, -0.15) is 0 Å². The molecule has 3 aromatic rings. The van der Waals surface area contributed by atoms with Gasteiger partial charge in [0.05, 0.1) is 12.1 Å². The highest BCUT2D eigenvalue weighted by Crippen LogP contribution is 2.27. The summed E-state index contributed by atoms with van der Waals surface area (Å²) in [4.78, 5) is 19.0. The zero-order valence-corrected chi connectivity index (χ0v) is 19.7. The molecule has 2 aromatic carbocycles. The highest BCUT2D eigenvalue weighted by Gasteiger charge is 2.28. The number of hydrogen-bond acceptors (Lipinski definition) is 6. The van der Waals surface area contributed by atoms with Gasteiger partial charge in [-0.15, -0.1) is 24.8 Å². The Morgan fingerprint density at radius 3 is 2.61 bits per heavy atom. The Balaban J connectivity index is 0.00000193. The molecule has 0 aliphatic carbocycles. The molecule has 2 N–H and O–H groups in total. The number of carbonyl (C=O) groups is 1. The summed E-state index contributed by atoms with van der Waals surface area (Å²) in [5.41, 5.74) is 7.31. The van der Waals surface area contributed by atoms with Gasteiger partial charge in [0.25, 0.3) is 5.91 Å². The average Bonchev–Trinajstić information content (AvgIpc) is 3.18. The number of nitrogens with zero attached hydrogens (tertiary/aromatic N) is 2. The second-order valence-electron chi connectivity index (χ2n) is 7.31. The van der Waals surface area contributed by atoms with E-state index in [-0.39, 0.29) is 43.5 Å². The number of oxazole rings is 1. The summed E-state index contributed by atoms with van der Waals surface area (Å²) in [6.45, 7) is 1.51. The molecular formula is C23H26Cl2FN3O4. The average molecular weight is 498 g/mol. The third-order valence-electron chi connectivity index (χ3n) is 5.09. The fraction of sp³-hybridized carbons (Fsp3) is 0.304. The normalized spacial score (nSPS) is 12.4. The lowest BCUT2D eigenvalue weighted by atomic mass is 10.1. The first-order valence-electron chi connectivity index (χ1n) is 10.1. The van der Waals surface area contributed by atoms with Crippen LogP contribution in [0.15, 0.2) is 46.9 Å². The second-order valence-corrected chi connectivity index (χ2v) is 7.31. The molecule has 0 radical (unpaired) electrons. The first kappa shape index (κ1) is 26.6. The van der Waals surface area contributed by atoms with Crippen LogP contribution in [0.3, 0.4) is 0 Å². The van der Waals surface area contributed by atoms with Crippen LogP contribution in [0.4, 0.5) is 4.39 Å². The third kappa shape index (κ3) is 6.23. The van der Waals surface area contributed by atoms with Gasteiger partial charge >= 0.3 is 0 Å². The Bertz CT molecular complexity index is 1080. The fourth-order valence-electron chi connectivity index (χ4n) is 3.54. The van der Waals surface area contributed by atoms with Gasteiger partial charge in [-0.1, -0.05) is 12.1 Å². The SMILES string of the molecule is COCc1nc2c(o1)CCN(C(=O)c1cc(Oc3ccc(CCN)cc3)ccc1F)C2.Cl.Cl. The third-order valence-corrected chi connectivity index (χ3v) is 5.09. The first-order valence-corrected chi connectivity index (χ1v) is 10.1. The van der Waals surface area contributed by atoms with Gasteiger partial charge in [-0.25, -0.2) is 9.37 Å². The van der Waals surface area contributed by atoms with Gasteiger partial charge in [-0.05, 0) is 48.9 Å². The monoisotopic (exact) mass is 497 g/mol. The van der Waals surface area contributed by atoms with Gasteiger partial charge in [-0.3, -0.25) is 4.79 Å². The van der Waals surface area contributed by atoms with Crippen molar-refractivity contribution in [1.82, 2.24) is 9.88 Å². The molecule has 10 heteroatoms. The zero-order chi connectivity index (χ0) is 21.8. The molecule has 0 bridgehead atoms. The Morgan fingerprint density at radius 1 is 1.18 bits per heavy atom. The molecule has 0 atom stereocenters. The molecule has 33 heavy (non-hydrogen) atoms. The highest BCUT2D eigenvalue weighted by atomic mass is 35.5. The largest absolute Gasteiger partial charge is 0.457 e. The maximum Gasteiger partial charge on any atom is 0.257 e. The van der Waals surface area contributed by atoms with E-state index in [1.165, 1.54) is 18.2 Å². The Kier molecular flexibility index (Phi) is 9.67. The molecule has 1 aliphatic heterocycles. The number of ether oxygens (including phenoxy) is 2. The van der Waals surface area contributed by atoms with Gasteiger partial charge in [0.1, 0.15) is 35.4 Å². The van der Waals surface area contributed by atoms with E-state index in [9.17, 15) is 9.18 Å². The van der Waals surface area contributed by atoms with Crippen LogP contribution in [-0.2, 0) is 30.7 Å². The second kappa shape index (κ2) is 12.0. The van der Waals surface area contributed by atoms with Crippen molar-refractivity contribution in [3.8, 4) is 11.5 Å². The predicted molar refractivity (Wildman–Crippen MR) is 126 cm³/mol. The number of methoxy groups -OCH3 is 1. The van der Waals surface area contributed by atoms with Crippen LogP contribution >= 0.6 is 24.8 Å². The number of hydrogen-bond donors (Lipinski definition) is 1. The Hall–Kier alpha value is -2.65. The molecule has 0 fully saturated rings. The lowest BCUT2D eigenvalue weighted by Crippen LogP contribution is -2.36. The molecule has 7 nitrogen and oxygen atoms in total. The van der Waals surface area contributed by atoms with E-state index in [0.29, 0.717) is 42.6 Å². The van der Waals surface area contributed by atoms with E-state index in [2.05, 4.69) is 4.98 Å². The number of benzene rings is 2. The van der Waals surface area contributed by atoms with Crippen LogP contribution in [0, 0.1) is 5.82 Å². The highest BCUT2D eigenvalue weighted by molar-refractivity contribution is 5.95. The topological polar surface area (TPSA) is 90.8 Å². The van der Waals surface area contributed by atoms with Crippen molar-refractivity contribution >= 4 is 30.7 Å². The van der Waals surface area contributed by atoms with Crippen LogP contribution in [0.25, 0.3) is 0 Å². The molecule has 1 aliphatic rings. The van der Waals surface area contributed by atoms with Crippen LogP contribution in [0.5, 0.6) is 11.5 Å². The molecule has 1 aromatic heterocycles. The maximum atomic E-state index is 14.5. The van der Waals surface area contributed by atoms with Crippen molar-refractivity contribution in [2.45, 2.75) is 26.0 Å². The predicted octanol–water partition coefficient (Wildman–Crippen LogP) is 4.30. The number of fused-ring (bicyclic) bond motifs is 1. The summed E-state index contributed by atoms with van der Waals surface area (Å²) in [7, 11) is 1.56. The summed E-state index contributed by atoms with van der Waals surface area (Å²) in [6, 6.07) is 11.7. The maximum absolute atomic E-state index is 14.5. The van der Waals surface area contributed by atoms with E-state index in [0.717, 1.165) is 17.7 Å². The molecule has 0 saturated heterocycles. The van der Waals surface area contributed by atoms with Crippen molar-refractivity contribution < 1.29 is 23.1 Å². The number of halogens is 3. The van der Waals surface area contributed by atoms with E-state index < -0.39 is 11.7 Å².